The Morgan fingerprint density at radius 3 is 2.09 bits per heavy atom. The molecule has 4 heteroatoms. The van der Waals surface area contributed by atoms with Crippen molar-refractivity contribution in [2.24, 2.45) is 0 Å². The van der Waals surface area contributed by atoms with Gasteiger partial charge in [-0.25, -0.2) is 0 Å². The fraction of sp³-hybridized carbons (Fsp3) is 0.333. The van der Waals surface area contributed by atoms with Crippen molar-refractivity contribution >= 4 is 12.4 Å². The number of ether oxygens (including phenoxy) is 2. The van der Waals surface area contributed by atoms with Crippen LogP contribution in [0.4, 0.5) is 0 Å². The third-order valence-corrected chi connectivity index (χ3v) is 3.69. The van der Waals surface area contributed by atoms with E-state index < -0.39 is 5.79 Å². The van der Waals surface area contributed by atoms with Gasteiger partial charge in [-0.3, -0.25) is 0 Å². The highest BCUT2D eigenvalue weighted by molar-refractivity contribution is 5.85. The Kier molecular flexibility index (Phi) is 5.69. The predicted octanol–water partition coefficient (Wildman–Crippen LogP) is 3.82. The van der Waals surface area contributed by atoms with E-state index in [-0.39, 0.29) is 12.4 Å². The van der Waals surface area contributed by atoms with Crippen molar-refractivity contribution in [1.29, 1.82) is 0 Å². The molecule has 118 valence electrons. The summed E-state index contributed by atoms with van der Waals surface area (Å²) >= 11 is 0. The Balaban J connectivity index is 0.00000176. The highest BCUT2D eigenvalue weighted by Gasteiger charge is 2.35. The molecule has 1 N–H and O–H groups in total. The first-order chi connectivity index (χ1) is 10.3. The first-order valence-electron chi connectivity index (χ1n) is 7.47. The van der Waals surface area contributed by atoms with E-state index >= 15 is 0 Å². The lowest BCUT2D eigenvalue weighted by molar-refractivity contribution is -0.0672. The summed E-state index contributed by atoms with van der Waals surface area (Å²) in [6.45, 7) is 3.83. The van der Waals surface area contributed by atoms with Gasteiger partial charge in [0.2, 0.25) is 5.79 Å². The Morgan fingerprint density at radius 1 is 0.864 bits per heavy atom. The highest BCUT2D eigenvalue weighted by Crippen LogP contribution is 2.39. The summed E-state index contributed by atoms with van der Waals surface area (Å²) in [6.07, 6.45) is 1.86. The van der Waals surface area contributed by atoms with E-state index in [1.807, 2.05) is 37.3 Å². The molecule has 0 saturated heterocycles. The lowest BCUT2D eigenvalue weighted by Crippen LogP contribution is -2.38. The number of hydrogen-bond acceptors (Lipinski definition) is 3. The third kappa shape index (κ3) is 4.15. The zero-order valence-corrected chi connectivity index (χ0v) is 13.6. The van der Waals surface area contributed by atoms with Crippen molar-refractivity contribution in [3.05, 3.63) is 60.2 Å². The fourth-order valence-corrected chi connectivity index (χ4v) is 2.52. The highest BCUT2D eigenvalue weighted by atomic mass is 35.5. The van der Waals surface area contributed by atoms with Crippen LogP contribution in [-0.4, -0.2) is 18.9 Å². The Morgan fingerprint density at radius 2 is 1.45 bits per heavy atom. The molecule has 0 spiro atoms. The zero-order valence-electron chi connectivity index (χ0n) is 12.7. The second kappa shape index (κ2) is 7.52. The molecule has 1 aliphatic rings. The molecule has 0 aliphatic carbocycles. The smallest absolute Gasteiger partial charge is 0.250 e. The molecule has 1 aliphatic heterocycles. The molecule has 0 bridgehead atoms. The van der Waals surface area contributed by atoms with E-state index in [0.717, 1.165) is 37.4 Å². The summed E-state index contributed by atoms with van der Waals surface area (Å²) in [4.78, 5) is 0. The molecule has 3 nitrogen and oxygen atoms in total. The minimum absolute atomic E-state index is 0. The normalized spacial score (nSPS) is 14.4. The van der Waals surface area contributed by atoms with Crippen molar-refractivity contribution in [3.63, 3.8) is 0 Å². The van der Waals surface area contributed by atoms with Gasteiger partial charge in [0.15, 0.2) is 11.5 Å². The van der Waals surface area contributed by atoms with Crippen LogP contribution in [-0.2, 0) is 6.42 Å². The second-order valence-corrected chi connectivity index (χ2v) is 5.52. The van der Waals surface area contributed by atoms with Crippen LogP contribution in [0, 0.1) is 0 Å². The molecule has 0 radical (unpaired) electrons. The monoisotopic (exact) mass is 319 g/mol. The SMILES string of the molecule is CC1(CCNCCc2ccccc2)Oc2ccccc2O1.Cl. The third-order valence-electron chi connectivity index (χ3n) is 3.69. The number of halogens is 1. The summed E-state index contributed by atoms with van der Waals surface area (Å²) in [5.41, 5.74) is 1.36. The van der Waals surface area contributed by atoms with Crippen LogP contribution < -0.4 is 14.8 Å². The number of nitrogens with one attached hydrogen (secondary N) is 1. The molecule has 0 unspecified atom stereocenters. The maximum absolute atomic E-state index is 5.90. The predicted molar refractivity (Wildman–Crippen MR) is 91.0 cm³/mol. The van der Waals surface area contributed by atoms with E-state index in [4.69, 9.17) is 9.47 Å². The average Bonchev–Trinajstić information content (AvgIpc) is 2.84. The summed E-state index contributed by atoms with van der Waals surface area (Å²) in [6, 6.07) is 18.3. The Labute approximate surface area is 138 Å². The molecule has 22 heavy (non-hydrogen) atoms. The lowest BCUT2D eigenvalue weighted by Gasteiger charge is -2.23. The molecular formula is C18H22ClNO2. The summed E-state index contributed by atoms with van der Waals surface area (Å²) < 4.78 is 11.8. The van der Waals surface area contributed by atoms with E-state index in [0.29, 0.717) is 0 Å². The van der Waals surface area contributed by atoms with Crippen LogP contribution in [0.15, 0.2) is 54.6 Å². The number of benzene rings is 2. The van der Waals surface area contributed by atoms with Crippen LogP contribution in [0.2, 0.25) is 0 Å². The number of fused-ring (bicyclic) bond motifs is 1. The van der Waals surface area contributed by atoms with Crippen LogP contribution in [0.5, 0.6) is 11.5 Å². The van der Waals surface area contributed by atoms with E-state index in [2.05, 4.69) is 29.6 Å². The number of hydrogen-bond donors (Lipinski definition) is 1. The summed E-state index contributed by atoms with van der Waals surface area (Å²) in [7, 11) is 0. The van der Waals surface area contributed by atoms with Crippen molar-refractivity contribution in [3.8, 4) is 11.5 Å². The first kappa shape index (κ1) is 16.7. The zero-order chi connectivity index (χ0) is 14.5. The van der Waals surface area contributed by atoms with Gasteiger partial charge in [0.25, 0.3) is 0 Å². The summed E-state index contributed by atoms with van der Waals surface area (Å²) in [5, 5.41) is 3.45. The molecule has 0 fully saturated rings. The van der Waals surface area contributed by atoms with Crippen molar-refractivity contribution in [1.82, 2.24) is 5.32 Å². The molecular weight excluding hydrogens is 298 g/mol. The second-order valence-electron chi connectivity index (χ2n) is 5.52. The van der Waals surface area contributed by atoms with Crippen LogP contribution >= 0.6 is 12.4 Å². The topological polar surface area (TPSA) is 30.5 Å². The molecule has 1 heterocycles. The Bertz CT molecular complexity index is 564. The van der Waals surface area contributed by atoms with E-state index in [1.165, 1.54) is 5.56 Å². The molecule has 0 aromatic heterocycles. The van der Waals surface area contributed by atoms with Crippen LogP contribution in [0.25, 0.3) is 0 Å². The van der Waals surface area contributed by atoms with Gasteiger partial charge in [0.1, 0.15) is 0 Å². The first-order valence-corrected chi connectivity index (χ1v) is 7.47. The number of rotatable bonds is 6. The van der Waals surface area contributed by atoms with Gasteiger partial charge in [0.05, 0.1) is 0 Å². The van der Waals surface area contributed by atoms with Gasteiger partial charge in [-0.2, -0.15) is 0 Å². The van der Waals surface area contributed by atoms with Gasteiger partial charge in [-0.1, -0.05) is 42.5 Å². The quantitative estimate of drug-likeness (QED) is 0.821. The molecule has 0 amide bonds. The minimum Gasteiger partial charge on any atom is -0.449 e. The van der Waals surface area contributed by atoms with Crippen molar-refractivity contribution in [2.75, 3.05) is 13.1 Å². The van der Waals surface area contributed by atoms with Crippen molar-refractivity contribution in [2.45, 2.75) is 25.6 Å². The van der Waals surface area contributed by atoms with Gasteiger partial charge in [0, 0.05) is 19.9 Å². The largest absolute Gasteiger partial charge is 0.449 e. The molecule has 0 atom stereocenters. The van der Waals surface area contributed by atoms with Gasteiger partial charge >= 0.3 is 0 Å². The molecule has 0 saturated carbocycles. The van der Waals surface area contributed by atoms with E-state index in [1.54, 1.807) is 0 Å². The molecule has 3 rings (SSSR count). The fourth-order valence-electron chi connectivity index (χ4n) is 2.52. The Hall–Kier alpha value is -1.71. The maximum Gasteiger partial charge on any atom is 0.250 e. The average molecular weight is 320 g/mol. The van der Waals surface area contributed by atoms with Gasteiger partial charge < -0.3 is 14.8 Å². The van der Waals surface area contributed by atoms with Crippen LogP contribution in [0.3, 0.4) is 0 Å². The standard InChI is InChI=1S/C18H21NO2.ClH/c1-18(20-16-9-5-6-10-17(16)21-18)12-14-19-13-11-15-7-3-2-4-8-15;/h2-10,19H,11-14H2,1H3;1H. The van der Waals surface area contributed by atoms with E-state index in [9.17, 15) is 0 Å². The van der Waals surface area contributed by atoms with Gasteiger partial charge in [-0.05, 0) is 30.7 Å². The van der Waals surface area contributed by atoms with Crippen LogP contribution in [0.1, 0.15) is 18.9 Å². The molecule has 2 aromatic rings. The number of para-hydroxylation sites is 2. The van der Waals surface area contributed by atoms with Gasteiger partial charge in [-0.15, -0.1) is 12.4 Å². The van der Waals surface area contributed by atoms with Crippen molar-refractivity contribution < 1.29 is 9.47 Å². The maximum atomic E-state index is 5.90. The molecule has 2 aromatic carbocycles. The summed E-state index contributed by atoms with van der Waals surface area (Å²) in [5.74, 6) is 1.12. The minimum atomic E-state index is -0.552. The lowest BCUT2D eigenvalue weighted by atomic mass is 10.1.